The summed E-state index contributed by atoms with van der Waals surface area (Å²) in [5.74, 6) is -1.27. The second-order valence-corrected chi connectivity index (χ2v) is 14.6. The van der Waals surface area contributed by atoms with Gasteiger partial charge in [-0.05, 0) is 54.4 Å². The zero-order valence-corrected chi connectivity index (χ0v) is 28.6. The Kier molecular flexibility index (Phi) is 13.8. The molecule has 0 radical (unpaired) electrons. The average Bonchev–Trinajstić information content (AvgIpc) is 3.03. The number of benzene rings is 2. The standard InChI is InChI=1S/C36H47N5O5S/c1-24(2)19-32(35(43)39-30(17-18-47(5,45)46)21-26-11-13-27(22-37)14-12-26)41-36(44)33(20-25(3)4)40-34(42)29-15-16-31(38-23-29)28-9-7-6-8-10-28/h6-18,23-25,30,32-33H,19-22,37H2,1-5H3,(H,39,43)(H,40,42)(H,41,44)/b18-17+/t30-,32+,33+/m1/s1. The van der Waals surface area contributed by atoms with E-state index in [1.54, 1.807) is 12.1 Å². The number of hydrogen-bond acceptors (Lipinski definition) is 7. The van der Waals surface area contributed by atoms with Crippen molar-refractivity contribution in [3.05, 3.63) is 101 Å². The molecule has 3 aromatic rings. The van der Waals surface area contributed by atoms with Gasteiger partial charge in [0.1, 0.15) is 12.1 Å². The molecule has 1 aromatic heterocycles. The van der Waals surface area contributed by atoms with Crippen molar-refractivity contribution in [2.75, 3.05) is 6.26 Å². The molecule has 0 aliphatic carbocycles. The van der Waals surface area contributed by atoms with E-state index in [1.165, 1.54) is 12.3 Å². The summed E-state index contributed by atoms with van der Waals surface area (Å²) in [7, 11) is -3.45. The molecule has 0 fully saturated rings. The lowest BCUT2D eigenvalue weighted by molar-refractivity contribution is -0.130. The topological polar surface area (TPSA) is 160 Å². The molecule has 3 rings (SSSR count). The lowest BCUT2D eigenvalue weighted by Crippen LogP contribution is -2.55. The van der Waals surface area contributed by atoms with Crippen molar-refractivity contribution in [1.82, 2.24) is 20.9 Å². The molecule has 0 aliphatic rings. The van der Waals surface area contributed by atoms with Gasteiger partial charge in [0.15, 0.2) is 9.84 Å². The third kappa shape index (κ3) is 12.8. The van der Waals surface area contributed by atoms with Crippen LogP contribution in [0.1, 0.15) is 62.0 Å². The highest BCUT2D eigenvalue weighted by molar-refractivity contribution is 7.93. The summed E-state index contributed by atoms with van der Waals surface area (Å²) in [5.41, 5.74) is 9.48. The van der Waals surface area contributed by atoms with Gasteiger partial charge in [0.25, 0.3) is 5.91 Å². The van der Waals surface area contributed by atoms with Crippen LogP contribution < -0.4 is 21.7 Å². The van der Waals surface area contributed by atoms with Crippen LogP contribution in [-0.2, 0) is 32.4 Å². The number of hydrogen-bond donors (Lipinski definition) is 4. The Morgan fingerprint density at radius 2 is 1.36 bits per heavy atom. The summed E-state index contributed by atoms with van der Waals surface area (Å²) in [4.78, 5) is 45.0. The van der Waals surface area contributed by atoms with E-state index in [4.69, 9.17) is 5.73 Å². The molecule has 11 heteroatoms. The quantitative estimate of drug-likeness (QED) is 0.179. The number of rotatable bonds is 16. The van der Waals surface area contributed by atoms with Crippen LogP contribution >= 0.6 is 0 Å². The molecule has 0 spiro atoms. The van der Waals surface area contributed by atoms with Crippen molar-refractivity contribution < 1.29 is 22.8 Å². The molecule has 3 amide bonds. The van der Waals surface area contributed by atoms with Crippen LogP contribution in [0.4, 0.5) is 0 Å². The summed E-state index contributed by atoms with van der Waals surface area (Å²) in [6, 6.07) is 18.1. The molecule has 252 valence electrons. The van der Waals surface area contributed by atoms with Gasteiger partial charge in [0, 0.05) is 30.0 Å². The molecule has 2 aromatic carbocycles. The van der Waals surface area contributed by atoms with Gasteiger partial charge in [-0.2, -0.15) is 0 Å². The maximum absolute atomic E-state index is 13.7. The normalized spacial score (nSPS) is 13.7. The van der Waals surface area contributed by atoms with Crippen LogP contribution in [-0.4, -0.2) is 55.5 Å². The van der Waals surface area contributed by atoms with Crippen molar-refractivity contribution in [3.63, 3.8) is 0 Å². The molecule has 0 aliphatic heterocycles. The van der Waals surface area contributed by atoms with E-state index in [1.807, 2.05) is 82.3 Å². The number of aromatic nitrogens is 1. The van der Waals surface area contributed by atoms with E-state index in [-0.39, 0.29) is 11.8 Å². The molecular formula is C36H47N5O5S. The summed E-state index contributed by atoms with van der Waals surface area (Å²) >= 11 is 0. The first kappa shape index (κ1) is 37.1. The van der Waals surface area contributed by atoms with Crippen molar-refractivity contribution in [3.8, 4) is 11.3 Å². The highest BCUT2D eigenvalue weighted by atomic mass is 32.2. The molecule has 3 atom stereocenters. The fourth-order valence-corrected chi connectivity index (χ4v) is 5.46. The minimum atomic E-state index is -3.45. The Labute approximate surface area is 278 Å². The van der Waals surface area contributed by atoms with Gasteiger partial charge in [-0.3, -0.25) is 19.4 Å². The summed E-state index contributed by atoms with van der Waals surface area (Å²) in [6.07, 6.45) is 5.01. The third-order valence-corrected chi connectivity index (χ3v) is 8.02. The SMILES string of the molecule is CC(C)C[C@H](NC(=O)c1ccc(-c2ccccc2)nc1)C(=O)N[C@@H](CC(C)C)C(=O)N[C@H](/C=C/S(C)(=O)=O)Cc1ccc(CN)cc1. The smallest absolute Gasteiger partial charge is 0.253 e. The highest BCUT2D eigenvalue weighted by Crippen LogP contribution is 2.17. The van der Waals surface area contributed by atoms with Crippen molar-refractivity contribution in [1.29, 1.82) is 0 Å². The number of pyridine rings is 1. The number of sulfone groups is 1. The largest absolute Gasteiger partial charge is 0.348 e. The van der Waals surface area contributed by atoms with E-state index in [0.29, 0.717) is 31.4 Å². The van der Waals surface area contributed by atoms with E-state index in [9.17, 15) is 22.8 Å². The number of nitrogens with zero attached hydrogens (tertiary/aromatic N) is 1. The summed E-state index contributed by atoms with van der Waals surface area (Å²) < 4.78 is 23.8. The van der Waals surface area contributed by atoms with Gasteiger partial charge in [0.05, 0.1) is 17.3 Å². The zero-order chi connectivity index (χ0) is 34.6. The Balaban J connectivity index is 1.77. The van der Waals surface area contributed by atoms with Gasteiger partial charge >= 0.3 is 0 Å². The fraction of sp³-hybridized carbons (Fsp3) is 0.389. The molecule has 0 saturated carbocycles. The van der Waals surface area contributed by atoms with Crippen LogP contribution in [0, 0.1) is 11.8 Å². The Bertz CT molecular complexity index is 1610. The van der Waals surface area contributed by atoms with Crippen molar-refractivity contribution in [2.45, 2.75) is 71.6 Å². The van der Waals surface area contributed by atoms with Gasteiger partial charge < -0.3 is 21.7 Å². The predicted octanol–water partition coefficient (Wildman–Crippen LogP) is 4.17. The maximum atomic E-state index is 13.7. The van der Waals surface area contributed by atoms with Gasteiger partial charge in [-0.15, -0.1) is 0 Å². The Morgan fingerprint density at radius 3 is 1.89 bits per heavy atom. The summed E-state index contributed by atoms with van der Waals surface area (Å²) in [6.45, 7) is 8.15. The van der Waals surface area contributed by atoms with E-state index < -0.39 is 45.7 Å². The highest BCUT2D eigenvalue weighted by Gasteiger charge is 2.29. The second-order valence-electron chi connectivity index (χ2n) is 12.6. The number of carbonyl (C=O) groups excluding carboxylic acids is 3. The Morgan fingerprint density at radius 1 is 0.787 bits per heavy atom. The first-order valence-electron chi connectivity index (χ1n) is 15.8. The minimum absolute atomic E-state index is 0.0483. The van der Waals surface area contributed by atoms with Gasteiger partial charge in [-0.25, -0.2) is 8.42 Å². The van der Waals surface area contributed by atoms with Gasteiger partial charge in [-0.1, -0.05) is 88.4 Å². The molecular weight excluding hydrogens is 614 g/mol. The number of nitrogens with two attached hydrogens (primary N) is 1. The van der Waals surface area contributed by atoms with E-state index in [0.717, 1.165) is 34.0 Å². The van der Waals surface area contributed by atoms with Crippen LogP contribution in [0.3, 0.4) is 0 Å². The monoisotopic (exact) mass is 661 g/mol. The fourth-order valence-electron chi connectivity index (χ4n) is 4.98. The molecule has 0 saturated heterocycles. The lowest BCUT2D eigenvalue weighted by Gasteiger charge is -2.26. The first-order chi connectivity index (χ1) is 22.2. The van der Waals surface area contributed by atoms with Crippen LogP contribution in [0.25, 0.3) is 11.3 Å². The molecule has 0 unspecified atom stereocenters. The number of carbonyl (C=O) groups is 3. The zero-order valence-electron chi connectivity index (χ0n) is 27.8. The number of amides is 3. The van der Waals surface area contributed by atoms with E-state index >= 15 is 0 Å². The molecule has 0 bridgehead atoms. The second kappa shape index (κ2) is 17.5. The van der Waals surface area contributed by atoms with Crippen LogP contribution in [0.5, 0.6) is 0 Å². The predicted molar refractivity (Wildman–Crippen MR) is 186 cm³/mol. The third-order valence-electron chi connectivity index (χ3n) is 7.36. The maximum Gasteiger partial charge on any atom is 0.253 e. The van der Waals surface area contributed by atoms with E-state index in [2.05, 4.69) is 20.9 Å². The minimum Gasteiger partial charge on any atom is -0.348 e. The lowest BCUT2D eigenvalue weighted by atomic mass is 9.99. The van der Waals surface area contributed by atoms with Crippen LogP contribution in [0.15, 0.2) is 84.4 Å². The number of nitrogens with one attached hydrogen (secondary N) is 3. The van der Waals surface area contributed by atoms with Crippen molar-refractivity contribution in [2.24, 2.45) is 17.6 Å². The molecule has 47 heavy (non-hydrogen) atoms. The first-order valence-corrected chi connectivity index (χ1v) is 17.8. The summed E-state index contributed by atoms with van der Waals surface area (Å²) in [5, 5.41) is 9.68. The Hall–Kier alpha value is -4.35. The molecule has 10 nitrogen and oxygen atoms in total. The molecule has 1 heterocycles. The van der Waals surface area contributed by atoms with Gasteiger partial charge in [0.2, 0.25) is 11.8 Å². The van der Waals surface area contributed by atoms with Crippen molar-refractivity contribution >= 4 is 27.6 Å². The molecule has 5 N–H and O–H groups in total. The average molecular weight is 662 g/mol. The van der Waals surface area contributed by atoms with Crippen LogP contribution in [0.2, 0.25) is 0 Å².